The lowest BCUT2D eigenvalue weighted by atomic mass is 9.78. The van der Waals surface area contributed by atoms with Gasteiger partial charge in [0, 0.05) is 5.02 Å². The van der Waals surface area contributed by atoms with E-state index in [9.17, 15) is 0 Å². The standard InChI is InChI=1S/C22H26ClN3/c1-15-9-10-16(2)20-19(15)25-21(22(26-20)11-4-3-5-12-22)24-14-17-7-6-8-18(23)13-17/h6-10,13,26H,3-5,11-12,14H2,1-2H3,(H,24,25). The van der Waals surface area contributed by atoms with Crippen LogP contribution in [0.1, 0.15) is 48.8 Å². The summed E-state index contributed by atoms with van der Waals surface area (Å²) in [6.45, 7) is 4.98. The van der Waals surface area contributed by atoms with E-state index in [1.165, 1.54) is 41.8 Å². The SMILES string of the molecule is Cc1ccc(C)c2c1NC(=NCc1cccc(Cl)c1)C1(CCCCC1)N2. The Hall–Kier alpha value is -2.00. The zero-order chi connectivity index (χ0) is 18.1. The molecule has 2 aromatic carbocycles. The Morgan fingerprint density at radius 2 is 1.73 bits per heavy atom. The summed E-state index contributed by atoms with van der Waals surface area (Å²) in [4.78, 5) is 5.03. The molecule has 1 aliphatic carbocycles. The van der Waals surface area contributed by atoms with Crippen molar-refractivity contribution in [2.24, 2.45) is 4.99 Å². The van der Waals surface area contributed by atoms with Crippen LogP contribution in [0.4, 0.5) is 11.4 Å². The van der Waals surface area contributed by atoms with E-state index in [0.717, 1.165) is 29.3 Å². The number of fused-ring (bicyclic) bond motifs is 1. The summed E-state index contributed by atoms with van der Waals surface area (Å²) < 4.78 is 0. The van der Waals surface area contributed by atoms with Crippen molar-refractivity contribution in [2.75, 3.05) is 10.6 Å². The zero-order valence-electron chi connectivity index (χ0n) is 15.5. The van der Waals surface area contributed by atoms with Crippen LogP contribution >= 0.6 is 11.6 Å². The summed E-state index contributed by atoms with van der Waals surface area (Å²) in [7, 11) is 0. The fourth-order valence-electron chi connectivity index (χ4n) is 4.18. The molecule has 0 radical (unpaired) electrons. The van der Waals surface area contributed by atoms with Gasteiger partial charge in [-0.2, -0.15) is 0 Å². The molecule has 0 bridgehead atoms. The number of hydrogen-bond acceptors (Lipinski definition) is 2. The molecule has 2 aromatic rings. The minimum Gasteiger partial charge on any atom is -0.371 e. The monoisotopic (exact) mass is 367 g/mol. The molecular formula is C22H26ClN3. The number of hydrogen-bond donors (Lipinski definition) is 2. The smallest absolute Gasteiger partial charge is 0.127 e. The summed E-state index contributed by atoms with van der Waals surface area (Å²) in [6, 6.07) is 12.4. The maximum absolute atomic E-state index is 6.14. The lowest BCUT2D eigenvalue weighted by Crippen LogP contribution is -2.54. The predicted molar refractivity (Wildman–Crippen MR) is 112 cm³/mol. The number of halogens is 1. The molecular weight excluding hydrogens is 342 g/mol. The fourth-order valence-corrected chi connectivity index (χ4v) is 4.40. The normalized spacial score (nSPS) is 19.7. The van der Waals surface area contributed by atoms with Gasteiger partial charge >= 0.3 is 0 Å². The van der Waals surface area contributed by atoms with Crippen molar-refractivity contribution in [3.8, 4) is 0 Å². The van der Waals surface area contributed by atoms with E-state index in [0.29, 0.717) is 6.54 Å². The molecule has 0 amide bonds. The third-order valence-corrected chi connectivity index (χ3v) is 5.93. The van der Waals surface area contributed by atoms with Gasteiger partial charge in [0.05, 0.1) is 23.5 Å². The maximum atomic E-state index is 6.14. The summed E-state index contributed by atoms with van der Waals surface area (Å²) in [5.41, 5.74) is 6.03. The van der Waals surface area contributed by atoms with E-state index in [1.807, 2.05) is 18.2 Å². The van der Waals surface area contributed by atoms with Crippen LogP contribution in [0.15, 0.2) is 41.4 Å². The largest absolute Gasteiger partial charge is 0.371 e. The van der Waals surface area contributed by atoms with Gasteiger partial charge < -0.3 is 10.6 Å². The molecule has 3 nitrogen and oxygen atoms in total. The van der Waals surface area contributed by atoms with E-state index in [4.69, 9.17) is 16.6 Å². The number of aliphatic imine (C=N–C) groups is 1. The van der Waals surface area contributed by atoms with Crippen molar-refractivity contribution >= 4 is 28.8 Å². The Morgan fingerprint density at radius 3 is 2.46 bits per heavy atom. The van der Waals surface area contributed by atoms with E-state index in [1.54, 1.807) is 0 Å². The highest BCUT2D eigenvalue weighted by Gasteiger charge is 2.41. The Labute approximate surface area is 160 Å². The molecule has 0 atom stereocenters. The average molecular weight is 368 g/mol. The first kappa shape index (κ1) is 17.4. The van der Waals surface area contributed by atoms with Gasteiger partial charge in [0.2, 0.25) is 0 Å². The van der Waals surface area contributed by atoms with Crippen molar-refractivity contribution in [3.05, 3.63) is 58.1 Å². The minimum absolute atomic E-state index is 0.0671. The van der Waals surface area contributed by atoms with E-state index in [2.05, 4.69) is 42.7 Å². The number of nitrogens with zero attached hydrogens (tertiary/aromatic N) is 1. The van der Waals surface area contributed by atoms with E-state index in [-0.39, 0.29) is 5.54 Å². The van der Waals surface area contributed by atoms with Crippen LogP contribution < -0.4 is 10.6 Å². The molecule has 4 rings (SSSR count). The van der Waals surface area contributed by atoms with Gasteiger partial charge in [-0.25, -0.2) is 0 Å². The molecule has 1 saturated carbocycles. The van der Waals surface area contributed by atoms with Crippen LogP contribution in [0.3, 0.4) is 0 Å². The molecule has 4 heteroatoms. The fraction of sp³-hybridized carbons (Fsp3) is 0.409. The van der Waals surface area contributed by atoms with Crippen LogP contribution in [0.5, 0.6) is 0 Å². The van der Waals surface area contributed by atoms with Gasteiger partial charge in [-0.05, 0) is 55.5 Å². The number of benzene rings is 2. The second kappa shape index (κ2) is 6.96. The second-order valence-corrected chi connectivity index (χ2v) is 8.07. The van der Waals surface area contributed by atoms with Crippen molar-refractivity contribution in [1.82, 2.24) is 0 Å². The van der Waals surface area contributed by atoms with E-state index < -0.39 is 0 Å². The van der Waals surface area contributed by atoms with Gasteiger partial charge in [-0.15, -0.1) is 0 Å². The Kier molecular flexibility index (Phi) is 4.66. The number of nitrogens with one attached hydrogen (secondary N) is 2. The summed E-state index contributed by atoms with van der Waals surface area (Å²) in [5, 5.41) is 8.37. The highest BCUT2D eigenvalue weighted by molar-refractivity contribution is 6.30. The topological polar surface area (TPSA) is 36.4 Å². The van der Waals surface area contributed by atoms with Crippen LogP contribution in [0, 0.1) is 13.8 Å². The van der Waals surface area contributed by atoms with Gasteiger partial charge in [0.25, 0.3) is 0 Å². The predicted octanol–water partition coefficient (Wildman–Crippen LogP) is 6.10. The molecule has 1 aliphatic heterocycles. The molecule has 2 aliphatic rings. The van der Waals surface area contributed by atoms with Crippen LogP contribution in [0.2, 0.25) is 5.02 Å². The number of rotatable bonds is 2. The van der Waals surface area contributed by atoms with Gasteiger partial charge in [-0.1, -0.05) is 55.1 Å². The second-order valence-electron chi connectivity index (χ2n) is 7.64. The Balaban J connectivity index is 1.72. The van der Waals surface area contributed by atoms with Crippen LogP contribution in [-0.4, -0.2) is 11.4 Å². The van der Waals surface area contributed by atoms with Crippen molar-refractivity contribution in [2.45, 2.75) is 58.0 Å². The summed E-state index contributed by atoms with van der Waals surface area (Å²) in [6.07, 6.45) is 6.04. The van der Waals surface area contributed by atoms with Crippen LogP contribution in [0.25, 0.3) is 0 Å². The third kappa shape index (κ3) is 3.21. The summed E-state index contributed by atoms with van der Waals surface area (Å²) >= 11 is 6.14. The van der Waals surface area contributed by atoms with Gasteiger partial charge in [0.15, 0.2) is 0 Å². The van der Waals surface area contributed by atoms with Gasteiger partial charge in [0.1, 0.15) is 5.84 Å². The maximum Gasteiger partial charge on any atom is 0.127 e. The number of anilines is 2. The molecule has 26 heavy (non-hydrogen) atoms. The first-order chi connectivity index (χ1) is 12.6. The number of amidine groups is 1. The quantitative estimate of drug-likeness (QED) is 0.673. The molecule has 0 saturated heterocycles. The first-order valence-electron chi connectivity index (χ1n) is 9.52. The molecule has 136 valence electrons. The molecule has 2 N–H and O–H groups in total. The van der Waals surface area contributed by atoms with E-state index >= 15 is 0 Å². The average Bonchev–Trinajstić information content (AvgIpc) is 2.64. The minimum atomic E-state index is -0.0671. The lowest BCUT2D eigenvalue weighted by molar-refractivity contribution is 0.402. The van der Waals surface area contributed by atoms with Crippen molar-refractivity contribution in [3.63, 3.8) is 0 Å². The van der Waals surface area contributed by atoms with Crippen LogP contribution in [-0.2, 0) is 6.54 Å². The zero-order valence-corrected chi connectivity index (χ0v) is 16.3. The Bertz CT molecular complexity index is 850. The molecule has 0 unspecified atom stereocenters. The van der Waals surface area contributed by atoms with Crippen molar-refractivity contribution in [1.29, 1.82) is 0 Å². The summed E-state index contributed by atoms with van der Waals surface area (Å²) in [5.74, 6) is 1.08. The van der Waals surface area contributed by atoms with Gasteiger partial charge in [-0.3, -0.25) is 4.99 Å². The first-order valence-corrected chi connectivity index (χ1v) is 9.90. The lowest BCUT2D eigenvalue weighted by Gasteiger charge is -2.45. The van der Waals surface area contributed by atoms with Crippen molar-refractivity contribution < 1.29 is 0 Å². The molecule has 1 spiro atoms. The third-order valence-electron chi connectivity index (χ3n) is 5.70. The highest BCUT2D eigenvalue weighted by Crippen LogP contribution is 2.42. The highest BCUT2D eigenvalue weighted by atomic mass is 35.5. The number of aryl methyl sites for hydroxylation is 2. The molecule has 0 aromatic heterocycles. The molecule has 1 fully saturated rings. The Morgan fingerprint density at radius 1 is 1.00 bits per heavy atom. The molecule has 1 heterocycles.